The Hall–Kier alpha value is -3.91. The summed E-state index contributed by atoms with van der Waals surface area (Å²) < 4.78 is 36.0. The van der Waals surface area contributed by atoms with Gasteiger partial charge in [0.2, 0.25) is 17.2 Å². The first kappa shape index (κ1) is 24.8. The van der Waals surface area contributed by atoms with Crippen LogP contribution in [0.2, 0.25) is 5.02 Å². The van der Waals surface area contributed by atoms with Crippen LogP contribution < -0.4 is 14.2 Å². The molecule has 1 aliphatic carbocycles. The van der Waals surface area contributed by atoms with Gasteiger partial charge in [-0.3, -0.25) is 9.59 Å². The second-order valence-electron chi connectivity index (χ2n) is 8.91. The number of benzene rings is 2. The molecule has 2 aliphatic rings. The number of nitrogens with zero attached hydrogens (tertiary/aromatic N) is 1. The third-order valence-electron chi connectivity index (χ3n) is 6.96. The molecule has 0 unspecified atom stereocenters. The van der Waals surface area contributed by atoms with Crippen LogP contribution in [0.1, 0.15) is 39.0 Å². The van der Waals surface area contributed by atoms with Gasteiger partial charge in [0.15, 0.2) is 5.75 Å². The fourth-order valence-corrected chi connectivity index (χ4v) is 5.29. The van der Waals surface area contributed by atoms with E-state index in [1.807, 2.05) is 0 Å². The largest absolute Gasteiger partial charge is 0.496 e. The molecule has 5 rings (SSSR count). The van der Waals surface area contributed by atoms with Crippen molar-refractivity contribution >= 4 is 28.9 Å². The third kappa shape index (κ3) is 3.50. The molecule has 0 saturated heterocycles. The molecular weight excluding hydrogens is 501 g/mol. The van der Waals surface area contributed by atoms with E-state index in [4.69, 9.17) is 30.5 Å². The predicted molar refractivity (Wildman–Crippen MR) is 135 cm³/mol. The van der Waals surface area contributed by atoms with E-state index in [1.54, 1.807) is 25.1 Å². The molecule has 2 aromatic carbocycles. The number of Topliss-reactive ketones (excluding diaryl/α,β-unsaturated/α-hetero) is 2. The highest BCUT2D eigenvalue weighted by molar-refractivity contribution is 6.36. The van der Waals surface area contributed by atoms with E-state index in [-0.39, 0.29) is 39.8 Å². The monoisotopic (exact) mass is 523 g/mol. The Bertz CT molecular complexity index is 1490. The fraction of sp³-hybridized carbons (Fsp3) is 0.250. The maximum Gasteiger partial charge on any atom is 0.237 e. The van der Waals surface area contributed by atoms with Gasteiger partial charge >= 0.3 is 0 Å². The molecule has 1 aromatic heterocycles. The van der Waals surface area contributed by atoms with Gasteiger partial charge in [0, 0.05) is 12.0 Å². The summed E-state index contributed by atoms with van der Waals surface area (Å²) in [5, 5.41) is 0.0675. The van der Waals surface area contributed by atoms with Crippen LogP contribution in [-0.4, -0.2) is 43.5 Å². The number of ether oxygens (including phenoxy) is 4. The third-order valence-corrected chi connectivity index (χ3v) is 7.32. The number of fused-ring (bicyclic) bond motifs is 2. The van der Waals surface area contributed by atoms with Gasteiger partial charge < -0.3 is 18.9 Å². The van der Waals surface area contributed by atoms with Crippen LogP contribution >= 0.6 is 11.6 Å². The van der Waals surface area contributed by atoms with Gasteiger partial charge in [-0.2, -0.15) is 0 Å². The highest BCUT2D eigenvalue weighted by atomic mass is 35.5. The average Bonchev–Trinajstić information content (AvgIpc) is 3.21. The van der Waals surface area contributed by atoms with Gasteiger partial charge in [-0.15, -0.1) is 0 Å². The van der Waals surface area contributed by atoms with E-state index in [0.717, 1.165) is 0 Å². The molecule has 37 heavy (non-hydrogen) atoms. The van der Waals surface area contributed by atoms with E-state index in [2.05, 4.69) is 11.6 Å². The molecule has 0 saturated carbocycles. The molecule has 0 radical (unpaired) electrons. The first-order valence-electron chi connectivity index (χ1n) is 11.4. The van der Waals surface area contributed by atoms with Crippen LogP contribution in [-0.2, 0) is 11.2 Å². The van der Waals surface area contributed by atoms with Crippen molar-refractivity contribution in [1.29, 1.82) is 0 Å². The van der Waals surface area contributed by atoms with E-state index >= 15 is 0 Å². The molecule has 9 heteroatoms. The van der Waals surface area contributed by atoms with Crippen molar-refractivity contribution in [3.8, 4) is 28.4 Å². The summed E-state index contributed by atoms with van der Waals surface area (Å²) in [6, 6.07) is 8.83. The van der Waals surface area contributed by atoms with Crippen molar-refractivity contribution in [2.45, 2.75) is 18.9 Å². The summed E-state index contributed by atoms with van der Waals surface area (Å²) in [5.41, 5.74) is 0.294. The van der Waals surface area contributed by atoms with Crippen molar-refractivity contribution in [2.24, 2.45) is 5.92 Å². The van der Waals surface area contributed by atoms with Crippen LogP contribution in [0, 0.1) is 11.7 Å². The lowest BCUT2D eigenvalue weighted by Crippen LogP contribution is -2.57. The number of halogens is 2. The van der Waals surface area contributed by atoms with Crippen LogP contribution in [0.15, 0.2) is 43.0 Å². The quantitative estimate of drug-likeness (QED) is 0.319. The van der Waals surface area contributed by atoms with E-state index in [1.165, 1.54) is 39.5 Å². The van der Waals surface area contributed by atoms with E-state index < -0.39 is 28.9 Å². The maximum absolute atomic E-state index is 14.4. The zero-order valence-electron chi connectivity index (χ0n) is 20.6. The Morgan fingerprint density at radius 3 is 2.35 bits per heavy atom. The normalized spacial score (nSPS) is 19.8. The van der Waals surface area contributed by atoms with Crippen molar-refractivity contribution in [2.75, 3.05) is 21.3 Å². The van der Waals surface area contributed by atoms with Gasteiger partial charge in [-0.1, -0.05) is 37.2 Å². The number of carbonyl (C=O) groups is 2. The molecule has 7 nitrogen and oxygen atoms in total. The fourth-order valence-electron chi connectivity index (χ4n) is 5.02. The summed E-state index contributed by atoms with van der Waals surface area (Å²) in [5.74, 6) is -1.39. The molecule has 3 aromatic rings. The standard InChI is InChI=1S/C28H23ClFNO6/c1-13-10-19-22(17(11-18(31-19)14(2)34-3)15-6-8-16(30)9-7-15)26(32)28(13)27(33)23-20(35-4)12-21(36-5)24(29)25(23)37-28/h6-9,11-13H,2,10H2,1,3-5H3/t13-,28+/m1/s1. The minimum absolute atomic E-state index is 0.0344. The summed E-state index contributed by atoms with van der Waals surface area (Å²) >= 11 is 6.52. The molecule has 190 valence electrons. The van der Waals surface area contributed by atoms with E-state index in [9.17, 15) is 14.0 Å². The van der Waals surface area contributed by atoms with Crippen LogP contribution in [0.5, 0.6) is 17.2 Å². The molecule has 0 amide bonds. The topological polar surface area (TPSA) is 83.9 Å². The van der Waals surface area contributed by atoms with Crippen LogP contribution in [0.4, 0.5) is 4.39 Å². The van der Waals surface area contributed by atoms with Crippen LogP contribution in [0.3, 0.4) is 0 Å². The molecule has 0 fully saturated rings. The van der Waals surface area contributed by atoms with Gasteiger partial charge in [0.05, 0.1) is 32.6 Å². The summed E-state index contributed by atoms with van der Waals surface area (Å²) in [4.78, 5) is 33.0. The van der Waals surface area contributed by atoms with Gasteiger partial charge in [-0.05, 0) is 35.7 Å². The molecular formula is C28H23ClFNO6. The number of ketones is 2. The minimum Gasteiger partial charge on any atom is -0.496 e. The second kappa shape index (κ2) is 8.88. The first-order chi connectivity index (χ1) is 17.7. The zero-order chi connectivity index (χ0) is 26.6. The first-order valence-corrected chi connectivity index (χ1v) is 11.8. The van der Waals surface area contributed by atoms with Gasteiger partial charge in [0.25, 0.3) is 0 Å². The number of aromatic nitrogens is 1. The SMILES string of the molecule is C=C(OC)c1cc(-c2ccc(F)cc2)c2c(n1)C[C@@H](C)[C@]1(Oc3c(Cl)c(OC)cc(OC)c3C1=O)C2=O. The molecule has 0 bridgehead atoms. The van der Waals surface area contributed by atoms with Crippen molar-refractivity contribution in [3.63, 3.8) is 0 Å². The lowest BCUT2D eigenvalue weighted by Gasteiger charge is -2.37. The Labute approximate surface area is 217 Å². The minimum atomic E-state index is -1.89. The number of carbonyl (C=O) groups excluding carboxylic acids is 2. The molecule has 2 heterocycles. The number of hydrogen-bond donors (Lipinski definition) is 0. The molecule has 0 N–H and O–H groups in total. The molecule has 2 atom stereocenters. The zero-order valence-corrected chi connectivity index (χ0v) is 21.4. The lowest BCUT2D eigenvalue weighted by molar-refractivity contribution is 0.0257. The Morgan fingerprint density at radius 2 is 1.73 bits per heavy atom. The number of hydrogen-bond acceptors (Lipinski definition) is 7. The van der Waals surface area contributed by atoms with E-state index in [0.29, 0.717) is 28.3 Å². The predicted octanol–water partition coefficient (Wildman–Crippen LogP) is 5.56. The maximum atomic E-state index is 14.4. The summed E-state index contributed by atoms with van der Waals surface area (Å²) in [7, 11) is 4.30. The Morgan fingerprint density at radius 1 is 1.08 bits per heavy atom. The lowest BCUT2D eigenvalue weighted by atomic mass is 9.69. The average molecular weight is 524 g/mol. The summed E-state index contributed by atoms with van der Waals surface area (Å²) in [6.45, 7) is 5.63. The summed E-state index contributed by atoms with van der Waals surface area (Å²) in [6.07, 6.45) is 0.233. The number of rotatable bonds is 5. The number of methoxy groups -OCH3 is 3. The van der Waals surface area contributed by atoms with Gasteiger partial charge in [0.1, 0.15) is 39.4 Å². The highest BCUT2D eigenvalue weighted by Gasteiger charge is 2.62. The Kier molecular flexibility index (Phi) is 5.95. The second-order valence-corrected chi connectivity index (χ2v) is 9.29. The highest BCUT2D eigenvalue weighted by Crippen LogP contribution is 2.54. The Balaban J connectivity index is 1.75. The molecule has 1 spiro atoms. The van der Waals surface area contributed by atoms with Crippen molar-refractivity contribution < 1.29 is 32.9 Å². The van der Waals surface area contributed by atoms with Crippen molar-refractivity contribution in [3.05, 3.63) is 76.3 Å². The number of pyridine rings is 1. The molecule has 1 aliphatic heterocycles. The smallest absolute Gasteiger partial charge is 0.237 e. The van der Waals surface area contributed by atoms with Crippen molar-refractivity contribution in [1.82, 2.24) is 4.98 Å². The van der Waals surface area contributed by atoms with Gasteiger partial charge in [-0.25, -0.2) is 9.37 Å². The van der Waals surface area contributed by atoms with Crippen LogP contribution in [0.25, 0.3) is 16.9 Å².